The lowest BCUT2D eigenvalue weighted by Crippen LogP contribution is -2.33. The minimum Gasteiger partial charge on any atom is -0.329 e. The number of aromatic nitrogens is 3. The van der Waals surface area contributed by atoms with Crippen molar-refractivity contribution in [3.63, 3.8) is 0 Å². The topological polar surface area (TPSA) is 59.8 Å². The summed E-state index contributed by atoms with van der Waals surface area (Å²) in [6, 6.07) is 16.9. The van der Waals surface area contributed by atoms with E-state index in [1.807, 2.05) is 42.5 Å². The number of hydrogen-bond donors (Lipinski definition) is 1. The second-order valence-electron chi connectivity index (χ2n) is 5.15. The first kappa shape index (κ1) is 14.3. The maximum absolute atomic E-state index is 12.3. The van der Waals surface area contributed by atoms with E-state index in [4.69, 9.17) is 0 Å². The van der Waals surface area contributed by atoms with Crippen LogP contribution in [0.1, 0.15) is 36.3 Å². The highest BCUT2D eigenvalue weighted by molar-refractivity contribution is 5.94. The van der Waals surface area contributed by atoms with Gasteiger partial charge in [-0.25, -0.2) is 0 Å². The molecule has 3 rings (SSSR count). The van der Waals surface area contributed by atoms with Crippen molar-refractivity contribution in [2.24, 2.45) is 0 Å². The Hall–Kier alpha value is -2.69. The Morgan fingerprint density at radius 3 is 2.23 bits per heavy atom. The lowest BCUT2D eigenvalue weighted by atomic mass is 10.2. The summed E-state index contributed by atoms with van der Waals surface area (Å²) in [6.45, 7) is 2.07. The normalized spacial score (nSPS) is 12.2. The Labute approximate surface area is 129 Å². The molecular formula is C17H18N4O. The summed E-state index contributed by atoms with van der Waals surface area (Å²) >= 11 is 0. The molecular weight excluding hydrogens is 276 g/mol. The number of hydrogen-bond acceptors (Lipinski definition) is 3. The maximum Gasteiger partial charge on any atom is 0.252 e. The van der Waals surface area contributed by atoms with E-state index >= 15 is 0 Å². The summed E-state index contributed by atoms with van der Waals surface area (Å²) in [6.07, 6.45) is 1.46. The van der Waals surface area contributed by atoms with Crippen molar-refractivity contribution in [1.82, 2.24) is 20.3 Å². The van der Waals surface area contributed by atoms with Gasteiger partial charge in [0.15, 0.2) is 0 Å². The van der Waals surface area contributed by atoms with Gasteiger partial charge in [-0.2, -0.15) is 15.0 Å². The van der Waals surface area contributed by atoms with Crippen molar-refractivity contribution in [3.8, 4) is 0 Å². The van der Waals surface area contributed by atoms with Gasteiger partial charge in [0.1, 0.15) is 17.2 Å². The first-order valence-electron chi connectivity index (χ1n) is 7.45. The average molecular weight is 294 g/mol. The third kappa shape index (κ3) is 2.98. The lowest BCUT2D eigenvalue weighted by Gasteiger charge is -2.17. The van der Waals surface area contributed by atoms with Gasteiger partial charge in [0, 0.05) is 5.56 Å². The van der Waals surface area contributed by atoms with E-state index in [0.717, 1.165) is 23.9 Å². The number of carbonyl (C=O) groups is 1. The third-order valence-corrected chi connectivity index (χ3v) is 3.48. The Morgan fingerprint density at radius 1 is 1.05 bits per heavy atom. The van der Waals surface area contributed by atoms with E-state index in [9.17, 15) is 4.79 Å². The Bertz CT molecular complexity index is 733. The van der Waals surface area contributed by atoms with E-state index in [0.29, 0.717) is 5.56 Å². The molecule has 0 radical (unpaired) electrons. The first-order chi connectivity index (χ1) is 10.8. The minimum atomic E-state index is -0.245. The van der Waals surface area contributed by atoms with Crippen molar-refractivity contribution in [2.45, 2.75) is 25.9 Å². The van der Waals surface area contributed by atoms with Crippen LogP contribution in [0.25, 0.3) is 11.0 Å². The highest BCUT2D eigenvalue weighted by Crippen LogP contribution is 2.14. The molecule has 1 aromatic heterocycles. The number of carbonyl (C=O) groups excluding carboxylic acids is 1. The quantitative estimate of drug-likeness (QED) is 0.786. The van der Waals surface area contributed by atoms with E-state index < -0.39 is 0 Å². The largest absolute Gasteiger partial charge is 0.329 e. The fourth-order valence-corrected chi connectivity index (χ4v) is 2.36. The number of fused-ring (bicyclic) bond motifs is 1. The Balaban J connectivity index is 1.84. The number of nitrogens with zero attached hydrogens (tertiary/aromatic N) is 3. The molecule has 5 heteroatoms. The molecule has 0 aliphatic carbocycles. The zero-order valence-electron chi connectivity index (χ0n) is 12.4. The van der Waals surface area contributed by atoms with Gasteiger partial charge in [-0.05, 0) is 30.7 Å². The summed E-state index contributed by atoms with van der Waals surface area (Å²) < 4.78 is 0. The van der Waals surface area contributed by atoms with Gasteiger partial charge in [-0.1, -0.05) is 43.7 Å². The zero-order chi connectivity index (χ0) is 15.4. The highest BCUT2D eigenvalue weighted by Gasteiger charge is 2.17. The standard InChI is InChI=1S/C17H18N4O/c1-2-8-16(18-17(22)13-9-4-3-5-10-13)21-19-14-11-6-7-12-15(14)20-21/h3-7,9-12,16H,2,8H2,1H3,(H,18,22). The SMILES string of the molecule is CCCC(NC(=O)c1ccccc1)n1nc2ccccc2n1. The summed E-state index contributed by atoms with van der Waals surface area (Å²) in [4.78, 5) is 13.9. The molecule has 0 aliphatic rings. The van der Waals surface area contributed by atoms with Crippen LogP contribution in [-0.4, -0.2) is 20.9 Å². The maximum atomic E-state index is 12.3. The molecule has 0 spiro atoms. The fraction of sp³-hybridized carbons (Fsp3) is 0.235. The van der Waals surface area contributed by atoms with Crippen LogP contribution in [0.15, 0.2) is 54.6 Å². The van der Waals surface area contributed by atoms with Gasteiger partial charge in [0.2, 0.25) is 0 Å². The molecule has 0 fully saturated rings. The summed E-state index contributed by atoms with van der Waals surface area (Å²) in [5, 5.41) is 11.9. The third-order valence-electron chi connectivity index (χ3n) is 3.48. The highest BCUT2D eigenvalue weighted by atomic mass is 16.1. The molecule has 0 saturated heterocycles. The van der Waals surface area contributed by atoms with Crippen molar-refractivity contribution < 1.29 is 4.79 Å². The van der Waals surface area contributed by atoms with E-state index in [-0.39, 0.29) is 12.1 Å². The minimum absolute atomic E-state index is 0.111. The van der Waals surface area contributed by atoms with E-state index in [1.165, 1.54) is 0 Å². The second kappa shape index (κ2) is 6.39. The monoisotopic (exact) mass is 294 g/mol. The van der Waals surface area contributed by atoms with Gasteiger partial charge in [-0.3, -0.25) is 4.79 Å². The van der Waals surface area contributed by atoms with Crippen LogP contribution < -0.4 is 5.32 Å². The first-order valence-corrected chi connectivity index (χ1v) is 7.45. The molecule has 1 unspecified atom stereocenters. The van der Waals surface area contributed by atoms with Crippen molar-refractivity contribution >= 4 is 16.9 Å². The van der Waals surface area contributed by atoms with Crippen molar-refractivity contribution in [3.05, 3.63) is 60.2 Å². The van der Waals surface area contributed by atoms with Crippen LogP contribution in [0.5, 0.6) is 0 Å². The van der Waals surface area contributed by atoms with Gasteiger partial charge in [0.05, 0.1) is 0 Å². The van der Waals surface area contributed by atoms with Crippen LogP contribution in [-0.2, 0) is 0 Å². The van der Waals surface area contributed by atoms with E-state index in [1.54, 1.807) is 16.9 Å². The molecule has 0 saturated carbocycles. The van der Waals surface area contributed by atoms with Gasteiger partial charge in [-0.15, -0.1) is 0 Å². The summed E-state index contributed by atoms with van der Waals surface area (Å²) in [5.41, 5.74) is 2.30. The molecule has 1 heterocycles. The molecule has 1 N–H and O–H groups in total. The summed E-state index contributed by atoms with van der Waals surface area (Å²) in [7, 11) is 0. The van der Waals surface area contributed by atoms with Crippen LogP contribution in [0.3, 0.4) is 0 Å². The van der Waals surface area contributed by atoms with Crippen LogP contribution in [0.2, 0.25) is 0 Å². The summed E-state index contributed by atoms with van der Waals surface area (Å²) in [5.74, 6) is -0.111. The zero-order valence-corrected chi connectivity index (χ0v) is 12.4. The van der Waals surface area contributed by atoms with Crippen molar-refractivity contribution in [2.75, 3.05) is 0 Å². The Kier molecular flexibility index (Phi) is 4.14. The molecule has 1 amide bonds. The molecule has 5 nitrogen and oxygen atoms in total. The smallest absolute Gasteiger partial charge is 0.252 e. The van der Waals surface area contributed by atoms with Gasteiger partial charge < -0.3 is 5.32 Å². The van der Waals surface area contributed by atoms with Crippen LogP contribution >= 0.6 is 0 Å². The van der Waals surface area contributed by atoms with Gasteiger partial charge in [0.25, 0.3) is 5.91 Å². The number of nitrogens with one attached hydrogen (secondary N) is 1. The molecule has 0 bridgehead atoms. The molecule has 3 aromatic rings. The predicted molar refractivity (Wildman–Crippen MR) is 85.4 cm³/mol. The average Bonchev–Trinajstić information content (AvgIpc) is 2.99. The molecule has 0 aliphatic heterocycles. The van der Waals surface area contributed by atoms with E-state index in [2.05, 4.69) is 22.4 Å². The predicted octanol–water partition coefficient (Wildman–Crippen LogP) is 3.16. The lowest BCUT2D eigenvalue weighted by molar-refractivity contribution is 0.0906. The molecule has 112 valence electrons. The Morgan fingerprint density at radius 2 is 1.64 bits per heavy atom. The number of benzene rings is 2. The number of amides is 1. The van der Waals surface area contributed by atoms with Crippen molar-refractivity contribution in [1.29, 1.82) is 0 Å². The number of rotatable bonds is 5. The molecule has 1 atom stereocenters. The van der Waals surface area contributed by atoms with Crippen LogP contribution in [0, 0.1) is 0 Å². The fourth-order valence-electron chi connectivity index (χ4n) is 2.36. The molecule has 22 heavy (non-hydrogen) atoms. The van der Waals surface area contributed by atoms with Gasteiger partial charge >= 0.3 is 0 Å². The van der Waals surface area contributed by atoms with Crippen LogP contribution in [0.4, 0.5) is 0 Å². The molecule has 2 aromatic carbocycles. The second-order valence-corrected chi connectivity index (χ2v) is 5.15.